The van der Waals surface area contributed by atoms with Gasteiger partial charge >= 0.3 is 0 Å². The second-order valence-corrected chi connectivity index (χ2v) is 5.45. The van der Waals surface area contributed by atoms with Crippen LogP contribution >= 0.6 is 0 Å². The van der Waals surface area contributed by atoms with E-state index in [1.807, 2.05) is 17.0 Å². The molecule has 0 unspecified atom stereocenters. The lowest BCUT2D eigenvalue weighted by molar-refractivity contribution is 0.0730. The standard InChI is InChI=1S/C16H16N4O/c17-10-7-15(18-8-10)16(21)20-6-5-14-12(9-20)11-3-1-2-4-13(11)19-14/h1-4,7-8,18-19H,5-6,9,17H2. The Labute approximate surface area is 121 Å². The van der Waals surface area contributed by atoms with Crippen LogP contribution in [-0.2, 0) is 13.0 Å². The van der Waals surface area contributed by atoms with Gasteiger partial charge in [-0.2, -0.15) is 0 Å². The number of amides is 1. The molecule has 2 aromatic heterocycles. The van der Waals surface area contributed by atoms with Gasteiger partial charge in [-0.25, -0.2) is 0 Å². The van der Waals surface area contributed by atoms with Crippen LogP contribution in [0.2, 0.25) is 0 Å². The third-order valence-corrected chi connectivity index (χ3v) is 4.11. The number of fused-ring (bicyclic) bond motifs is 3. The zero-order chi connectivity index (χ0) is 14.4. The second kappa shape index (κ2) is 4.41. The van der Waals surface area contributed by atoms with Crippen molar-refractivity contribution in [3.8, 4) is 0 Å². The summed E-state index contributed by atoms with van der Waals surface area (Å²) in [5, 5.41) is 1.20. The summed E-state index contributed by atoms with van der Waals surface area (Å²) in [7, 11) is 0. The van der Waals surface area contributed by atoms with Crippen molar-refractivity contribution in [2.45, 2.75) is 13.0 Å². The van der Waals surface area contributed by atoms with E-state index in [2.05, 4.69) is 22.1 Å². The van der Waals surface area contributed by atoms with Gasteiger partial charge in [0.25, 0.3) is 5.91 Å². The zero-order valence-electron chi connectivity index (χ0n) is 11.5. The molecule has 1 aliphatic rings. The highest BCUT2D eigenvalue weighted by atomic mass is 16.2. The minimum Gasteiger partial charge on any atom is -0.397 e. The number of carbonyl (C=O) groups excluding carboxylic acids is 1. The topological polar surface area (TPSA) is 77.9 Å². The van der Waals surface area contributed by atoms with Crippen LogP contribution in [0.5, 0.6) is 0 Å². The number of hydrogen-bond acceptors (Lipinski definition) is 2. The fourth-order valence-corrected chi connectivity index (χ4v) is 3.04. The fraction of sp³-hybridized carbons (Fsp3) is 0.188. The van der Waals surface area contributed by atoms with Crippen LogP contribution in [0.4, 0.5) is 5.69 Å². The molecule has 0 radical (unpaired) electrons. The lowest BCUT2D eigenvalue weighted by atomic mass is 10.0. The van der Waals surface area contributed by atoms with Gasteiger partial charge < -0.3 is 20.6 Å². The smallest absolute Gasteiger partial charge is 0.270 e. The summed E-state index contributed by atoms with van der Waals surface area (Å²) in [4.78, 5) is 20.8. The maximum absolute atomic E-state index is 12.5. The van der Waals surface area contributed by atoms with Gasteiger partial charge in [-0.3, -0.25) is 4.79 Å². The van der Waals surface area contributed by atoms with Crippen LogP contribution in [0, 0.1) is 0 Å². The van der Waals surface area contributed by atoms with Crippen LogP contribution in [0.25, 0.3) is 10.9 Å². The van der Waals surface area contributed by atoms with E-state index in [-0.39, 0.29) is 5.91 Å². The van der Waals surface area contributed by atoms with Crippen LogP contribution in [-0.4, -0.2) is 27.3 Å². The number of rotatable bonds is 1. The van der Waals surface area contributed by atoms with Gasteiger partial charge in [-0.05, 0) is 12.1 Å². The molecule has 5 heteroatoms. The zero-order valence-corrected chi connectivity index (χ0v) is 11.5. The average Bonchev–Trinajstić information content (AvgIpc) is 3.09. The average molecular weight is 280 g/mol. The number of benzene rings is 1. The largest absolute Gasteiger partial charge is 0.397 e. The van der Waals surface area contributed by atoms with E-state index in [1.165, 1.54) is 16.6 Å². The first kappa shape index (κ1) is 12.1. The van der Waals surface area contributed by atoms with E-state index < -0.39 is 0 Å². The third-order valence-electron chi connectivity index (χ3n) is 4.11. The molecule has 0 spiro atoms. The summed E-state index contributed by atoms with van der Waals surface area (Å²) in [6.45, 7) is 1.36. The molecule has 4 N–H and O–H groups in total. The van der Waals surface area contributed by atoms with Gasteiger partial charge in [0.1, 0.15) is 5.69 Å². The summed E-state index contributed by atoms with van der Waals surface area (Å²) in [5.41, 5.74) is 10.4. The first-order valence-electron chi connectivity index (χ1n) is 7.04. The molecule has 21 heavy (non-hydrogen) atoms. The Kier molecular flexibility index (Phi) is 2.54. The Bertz CT molecular complexity index is 830. The molecule has 1 aliphatic heterocycles. The molecule has 4 rings (SSSR count). The van der Waals surface area contributed by atoms with Crippen LogP contribution < -0.4 is 5.73 Å². The van der Waals surface area contributed by atoms with Crippen molar-refractivity contribution in [3.05, 3.63) is 53.5 Å². The normalized spacial score (nSPS) is 14.4. The quantitative estimate of drug-likeness (QED) is 0.639. The molecule has 0 saturated heterocycles. The second-order valence-electron chi connectivity index (χ2n) is 5.45. The molecular formula is C16H16N4O. The van der Waals surface area contributed by atoms with Crippen molar-refractivity contribution >= 4 is 22.5 Å². The predicted octanol–water partition coefficient (Wildman–Crippen LogP) is 2.28. The van der Waals surface area contributed by atoms with Crippen molar-refractivity contribution in [2.75, 3.05) is 12.3 Å². The van der Waals surface area contributed by atoms with Gasteiger partial charge in [-0.1, -0.05) is 18.2 Å². The number of carbonyl (C=O) groups is 1. The molecule has 3 aromatic rings. The first-order chi connectivity index (χ1) is 10.2. The van der Waals surface area contributed by atoms with Crippen LogP contribution in [0.15, 0.2) is 36.5 Å². The Balaban J connectivity index is 1.68. The van der Waals surface area contributed by atoms with Gasteiger partial charge in [0.2, 0.25) is 0 Å². The number of nitrogen functional groups attached to an aromatic ring is 1. The van der Waals surface area contributed by atoms with Gasteiger partial charge in [-0.15, -0.1) is 0 Å². The van der Waals surface area contributed by atoms with E-state index in [9.17, 15) is 4.79 Å². The molecule has 0 saturated carbocycles. The minimum atomic E-state index is 0.00244. The highest BCUT2D eigenvalue weighted by Crippen LogP contribution is 2.28. The van der Waals surface area contributed by atoms with Crippen molar-refractivity contribution in [1.82, 2.24) is 14.9 Å². The summed E-state index contributed by atoms with van der Waals surface area (Å²) in [5.74, 6) is 0.00244. The molecule has 0 aliphatic carbocycles. The number of para-hydroxylation sites is 1. The Morgan fingerprint density at radius 3 is 2.95 bits per heavy atom. The summed E-state index contributed by atoms with van der Waals surface area (Å²) in [6, 6.07) is 9.92. The Morgan fingerprint density at radius 2 is 2.14 bits per heavy atom. The number of nitrogens with one attached hydrogen (secondary N) is 2. The van der Waals surface area contributed by atoms with Gasteiger partial charge in [0, 0.05) is 53.6 Å². The number of nitrogens with zero attached hydrogens (tertiary/aromatic N) is 1. The van der Waals surface area contributed by atoms with Crippen molar-refractivity contribution in [2.24, 2.45) is 0 Å². The number of H-pyrrole nitrogens is 2. The maximum atomic E-state index is 12.5. The summed E-state index contributed by atoms with van der Waals surface area (Å²) in [6.07, 6.45) is 2.50. The molecule has 1 amide bonds. The molecule has 5 nitrogen and oxygen atoms in total. The highest BCUT2D eigenvalue weighted by molar-refractivity contribution is 5.94. The lowest BCUT2D eigenvalue weighted by Crippen LogP contribution is -2.35. The molecule has 3 heterocycles. The van der Waals surface area contributed by atoms with E-state index in [0.29, 0.717) is 17.9 Å². The fourth-order valence-electron chi connectivity index (χ4n) is 3.04. The molecular weight excluding hydrogens is 264 g/mol. The summed E-state index contributed by atoms with van der Waals surface area (Å²) < 4.78 is 0. The van der Waals surface area contributed by atoms with E-state index in [4.69, 9.17) is 5.73 Å². The third kappa shape index (κ3) is 1.89. The van der Waals surface area contributed by atoms with Gasteiger partial charge in [0.05, 0.1) is 0 Å². The number of hydrogen-bond donors (Lipinski definition) is 3. The van der Waals surface area contributed by atoms with Crippen molar-refractivity contribution < 1.29 is 4.79 Å². The molecule has 0 fully saturated rings. The van der Waals surface area contributed by atoms with E-state index >= 15 is 0 Å². The molecule has 106 valence electrons. The molecule has 0 bridgehead atoms. The number of nitrogens with two attached hydrogens (primary N) is 1. The Morgan fingerprint density at radius 1 is 1.29 bits per heavy atom. The van der Waals surface area contributed by atoms with Crippen LogP contribution in [0.3, 0.4) is 0 Å². The van der Waals surface area contributed by atoms with Gasteiger partial charge in [0.15, 0.2) is 0 Å². The van der Waals surface area contributed by atoms with E-state index in [1.54, 1.807) is 12.3 Å². The molecule has 1 aromatic carbocycles. The van der Waals surface area contributed by atoms with Crippen molar-refractivity contribution in [1.29, 1.82) is 0 Å². The lowest BCUT2D eigenvalue weighted by Gasteiger charge is -2.26. The number of aromatic nitrogens is 2. The first-order valence-corrected chi connectivity index (χ1v) is 7.04. The highest BCUT2D eigenvalue weighted by Gasteiger charge is 2.25. The summed E-state index contributed by atoms with van der Waals surface area (Å²) >= 11 is 0. The van der Waals surface area contributed by atoms with Crippen molar-refractivity contribution in [3.63, 3.8) is 0 Å². The van der Waals surface area contributed by atoms with Crippen LogP contribution in [0.1, 0.15) is 21.7 Å². The monoisotopic (exact) mass is 280 g/mol. The number of anilines is 1. The van der Waals surface area contributed by atoms with E-state index in [0.717, 1.165) is 18.5 Å². The Hall–Kier alpha value is -2.69. The maximum Gasteiger partial charge on any atom is 0.270 e. The minimum absolute atomic E-state index is 0.00244. The predicted molar refractivity (Wildman–Crippen MR) is 81.9 cm³/mol. The SMILES string of the molecule is Nc1c[nH]c(C(=O)N2CCc3[nH]c4ccccc4c3C2)c1. The molecule has 0 atom stereocenters. The number of aromatic amines is 2.